The van der Waals surface area contributed by atoms with Gasteiger partial charge in [-0.1, -0.05) is 23.4 Å². The Balaban J connectivity index is 1.45. The summed E-state index contributed by atoms with van der Waals surface area (Å²) in [7, 11) is -2.24. The van der Waals surface area contributed by atoms with Crippen LogP contribution in [-0.4, -0.2) is 46.6 Å². The van der Waals surface area contributed by atoms with Gasteiger partial charge in [0.2, 0.25) is 10.0 Å². The maximum Gasteiger partial charge on any atom is 0.268 e. The van der Waals surface area contributed by atoms with Crippen LogP contribution in [-0.2, 0) is 27.8 Å². The molecule has 3 aromatic heterocycles. The first-order valence-electron chi connectivity index (χ1n) is 10.4. The summed E-state index contributed by atoms with van der Waals surface area (Å²) in [6, 6.07) is 14.9. The lowest BCUT2D eigenvalue weighted by molar-refractivity contribution is -0.133. The van der Waals surface area contributed by atoms with Gasteiger partial charge in [-0.05, 0) is 42.0 Å². The topological polar surface area (TPSA) is 148 Å². The SMILES string of the molecule is COc1ccc(CC(C(=O)NO)n2cc(CNS(=O)(=O)c3ccc(-c4ccccn4)s3)nn2)cc1. The van der Waals surface area contributed by atoms with Gasteiger partial charge in [0.05, 0.1) is 36.1 Å². The van der Waals surface area contributed by atoms with Crippen molar-refractivity contribution in [2.24, 2.45) is 0 Å². The number of carbonyl (C=O) groups is 1. The summed E-state index contributed by atoms with van der Waals surface area (Å²) in [6.07, 6.45) is 3.32. The fourth-order valence-corrected chi connectivity index (χ4v) is 5.59. The van der Waals surface area contributed by atoms with Crippen LogP contribution in [0.4, 0.5) is 0 Å². The monoisotopic (exact) mass is 514 g/mol. The van der Waals surface area contributed by atoms with Gasteiger partial charge in [-0.3, -0.25) is 15.0 Å². The van der Waals surface area contributed by atoms with Crippen molar-refractivity contribution < 1.29 is 23.2 Å². The smallest absolute Gasteiger partial charge is 0.268 e. The van der Waals surface area contributed by atoms with Gasteiger partial charge in [-0.2, -0.15) is 0 Å². The number of hydroxylamine groups is 1. The van der Waals surface area contributed by atoms with Crippen LogP contribution in [0.25, 0.3) is 10.6 Å². The van der Waals surface area contributed by atoms with E-state index in [1.54, 1.807) is 61.3 Å². The average Bonchev–Trinajstić information content (AvgIpc) is 3.57. The molecule has 1 atom stereocenters. The summed E-state index contributed by atoms with van der Waals surface area (Å²) in [5.41, 5.74) is 3.44. The number of pyridine rings is 1. The van der Waals surface area contributed by atoms with Gasteiger partial charge in [-0.15, -0.1) is 16.4 Å². The Bertz CT molecular complexity index is 1390. The van der Waals surface area contributed by atoms with Crippen molar-refractivity contribution in [1.29, 1.82) is 0 Å². The third kappa shape index (κ3) is 5.89. The van der Waals surface area contributed by atoms with E-state index in [9.17, 15) is 18.4 Å². The molecule has 0 radical (unpaired) electrons. The highest BCUT2D eigenvalue weighted by molar-refractivity contribution is 7.91. The zero-order valence-corrected chi connectivity index (χ0v) is 20.2. The summed E-state index contributed by atoms with van der Waals surface area (Å²) in [5.74, 6) is -0.0105. The van der Waals surface area contributed by atoms with E-state index < -0.39 is 22.0 Å². The normalized spacial score (nSPS) is 12.3. The molecule has 11 nitrogen and oxygen atoms in total. The Morgan fingerprint density at radius 2 is 1.97 bits per heavy atom. The molecule has 1 amide bonds. The van der Waals surface area contributed by atoms with Gasteiger partial charge in [-0.25, -0.2) is 23.3 Å². The lowest BCUT2D eigenvalue weighted by Gasteiger charge is -2.15. The summed E-state index contributed by atoms with van der Waals surface area (Å²) in [6.45, 7) is -0.130. The molecule has 1 aromatic carbocycles. The molecule has 35 heavy (non-hydrogen) atoms. The number of carbonyl (C=O) groups excluding carboxylic acids is 1. The number of ether oxygens (including phenoxy) is 1. The molecule has 182 valence electrons. The lowest BCUT2D eigenvalue weighted by Crippen LogP contribution is -2.32. The maximum absolute atomic E-state index is 12.8. The van der Waals surface area contributed by atoms with Crippen LogP contribution in [0.15, 0.2) is 71.2 Å². The predicted octanol–water partition coefficient (Wildman–Crippen LogP) is 2.18. The molecule has 0 aliphatic heterocycles. The first-order valence-corrected chi connectivity index (χ1v) is 12.7. The van der Waals surface area contributed by atoms with E-state index >= 15 is 0 Å². The Kier molecular flexibility index (Phi) is 7.51. The van der Waals surface area contributed by atoms with Gasteiger partial charge < -0.3 is 4.74 Å². The average molecular weight is 515 g/mol. The molecule has 3 N–H and O–H groups in total. The van der Waals surface area contributed by atoms with E-state index in [0.29, 0.717) is 17.1 Å². The zero-order chi connectivity index (χ0) is 24.8. The molecule has 4 aromatic rings. The van der Waals surface area contributed by atoms with Crippen LogP contribution in [0, 0.1) is 0 Å². The van der Waals surface area contributed by atoms with Gasteiger partial charge >= 0.3 is 0 Å². The summed E-state index contributed by atoms with van der Waals surface area (Å²) < 4.78 is 34.6. The summed E-state index contributed by atoms with van der Waals surface area (Å²) in [5, 5.41) is 17.1. The molecular weight excluding hydrogens is 492 g/mol. The van der Waals surface area contributed by atoms with Crippen LogP contribution in [0.5, 0.6) is 5.75 Å². The van der Waals surface area contributed by atoms with Crippen molar-refractivity contribution in [1.82, 2.24) is 30.2 Å². The van der Waals surface area contributed by atoms with Gasteiger partial charge in [0.25, 0.3) is 5.91 Å². The third-order valence-corrected chi connectivity index (χ3v) is 8.09. The van der Waals surface area contributed by atoms with Gasteiger partial charge in [0, 0.05) is 12.6 Å². The highest BCUT2D eigenvalue weighted by Gasteiger charge is 2.23. The third-order valence-electron chi connectivity index (χ3n) is 5.08. The van der Waals surface area contributed by atoms with Crippen LogP contribution in [0.1, 0.15) is 17.3 Å². The van der Waals surface area contributed by atoms with Crippen molar-refractivity contribution in [3.63, 3.8) is 0 Å². The van der Waals surface area contributed by atoms with E-state index in [0.717, 1.165) is 21.8 Å². The molecule has 0 fully saturated rings. The second-order valence-corrected chi connectivity index (χ2v) is 10.5. The van der Waals surface area contributed by atoms with Crippen molar-refractivity contribution in [2.75, 3.05) is 7.11 Å². The molecule has 0 saturated heterocycles. The quantitative estimate of drug-likeness (QED) is 0.215. The van der Waals surface area contributed by atoms with Gasteiger partial charge in [0.1, 0.15) is 16.0 Å². The largest absolute Gasteiger partial charge is 0.497 e. The summed E-state index contributed by atoms with van der Waals surface area (Å²) >= 11 is 1.11. The number of sulfonamides is 1. The number of nitrogens with one attached hydrogen (secondary N) is 2. The number of rotatable bonds is 10. The first kappa shape index (κ1) is 24.5. The Labute approximate surface area is 205 Å². The highest BCUT2D eigenvalue weighted by Crippen LogP contribution is 2.29. The van der Waals surface area contributed by atoms with E-state index in [2.05, 4.69) is 20.0 Å². The second-order valence-electron chi connectivity index (χ2n) is 7.39. The van der Waals surface area contributed by atoms with Crippen molar-refractivity contribution >= 4 is 27.3 Å². The van der Waals surface area contributed by atoms with E-state index in [1.165, 1.54) is 16.9 Å². The Morgan fingerprint density at radius 3 is 2.66 bits per heavy atom. The minimum Gasteiger partial charge on any atom is -0.497 e. The molecule has 0 spiro atoms. The van der Waals surface area contributed by atoms with Crippen molar-refractivity contribution in [3.8, 4) is 16.3 Å². The van der Waals surface area contributed by atoms with E-state index in [-0.39, 0.29) is 17.2 Å². The molecule has 1 unspecified atom stereocenters. The molecule has 13 heteroatoms. The number of thiophene rings is 1. The molecule has 0 saturated carbocycles. The molecule has 4 rings (SSSR count). The van der Waals surface area contributed by atoms with Crippen molar-refractivity contribution in [3.05, 3.63) is 78.2 Å². The van der Waals surface area contributed by atoms with Gasteiger partial charge in [0.15, 0.2) is 0 Å². The number of hydrogen-bond donors (Lipinski definition) is 3. The van der Waals surface area contributed by atoms with Crippen molar-refractivity contribution in [2.45, 2.75) is 23.2 Å². The van der Waals surface area contributed by atoms with Crippen LogP contribution < -0.4 is 14.9 Å². The lowest BCUT2D eigenvalue weighted by atomic mass is 10.1. The molecule has 3 heterocycles. The Morgan fingerprint density at radius 1 is 1.17 bits per heavy atom. The van der Waals surface area contributed by atoms with Crippen LogP contribution in [0.2, 0.25) is 0 Å². The standard InChI is InChI=1S/C22H22N6O5S2/c1-33-17-7-5-15(6-8-17)12-19(22(29)26-30)28-14-16(25-27-28)13-24-35(31,32)21-10-9-20(34-21)18-4-2-3-11-23-18/h2-11,14,19,24,30H,12-13H2,1H3,(H,26,29). The number of aromatic nitrogens is 4. The number of hydrogen-bond acceptors (Lipinski definition) is 9. The number of benzene rings is 1. The fraction of sp³-hybridized carbons (Fsp3) is 0.182. The molecule has 0 aliphatic rings. The highest BCUT2D eigenvalue weighted by atomic mass is 32.2. The van der Waals surface area contributed by atoms with E-state index in [1.807, 2.05) is 6.07 Å². The number of amides is 1. The fourth-order valence-electron chi connectivity index (χ4n) is 3.26. The maximum atomic E-state index is 12.8. The van der Waals surface area contributed by atoms with E-state index in [4.69, 9.17) is 4.74 Å². The zero-order valence-electron chi connectivity index (χ0n) is 18.5. The summed E-state index contributed by atoms with van der Waals surface area (Å²) in [4.78, 5) is 17.2. The first-order chi connectivity index (χ1) is 16.9. The molecular formula is C22H22N6O5S2. The number of nitrogens with zero attached hydrogens (tertiary/aromatic N) is 4. The van der Waals surface area contributed by atoms with Crippen LogP contribution in [0.3, 0.4) is 0 Å². The van der Waals surface area contributed by atoms with Crippen LogP contribution >= 0.6 is 11.3 Å². The number of methoxy groups -OCH3 is 1. The molecule has 0 bridgehead atoms. The molecule has 0 aliphatic carbocycles. The minimum absolute atomic E-state index is 0.130. The Hall–Kier alpha value is -3.65. The minimum atomic E-state index is -3.80. The predicted molar refractivity (Wildman–Crippen MR) is 127 cm³/mol. The second kappa shape index (κ2) is 10.7.